The number of rotatable bonds is 4. The summed E-state index contributed by atoms with van der Waals surface area (Å²) < 4.78 is 1.09. The topological polar surface area (TPSA) is 58.4 Å². The molecule has 0 fully saturated rings. The zero-order valence-electron chi connectivity index (χ0n) is 11.3. The number of hydrogen-bond donors (Lipinski definition) is 2. The minimum atomic E-state index is -0.0418. The first kappa shape index (κ1) is 14.9. The van der Waals surface area contributed by atoms with Crippen LogP contribution in [0, 0.1) is 0 Å². The molecule has 20 heavy (non-hydrogen) atoms. The first-order valence-corrected chi connectivity index (χ1v) is 7.67. The van der Waals surface area contributed by atoms with E-state index in [1.807, 2.05) is 12.1 Å². The summed E-state index contributed by atoms with van der Waals surface area (Å²) in [5.74, 6) is -0.0418. The van der Waals surface area contributed by atoms with E-state index in [4.69, 9.17) is 5.73 Å². The van der Waals surface area contributed by atoms with Gasteiger partial charge in [0.05, 0.1) is 9.35 Å². The molecule has 3 N–H and O–H groups in total. The highest BCUT2D eigenvalue weighted by Crippen LogP contribution is 2.25. The van der Waals surface area contributed by atoms with Gasteiger partial charge in [-0.1, -0.05) is 0 Å². The molecule has 0 aliphatic heterocycles. The Balaban J connectivity index is 2.21. The summed E-state index contributed by atoms with van der Waals surface area (Å²) in [4.78, 5) is 14.9. The number of nitrogens with zero attached hydrogens (tertiary/aromatic N) is 1. The van der Waals surface area contributed by atoms with Gasteiger partial charge in [-0.3, -0.25) is 4.79 Å². The van der Waals surface area contributed by atoms with Crippen molar-refractivity contribution in [2.24, 2.45) is 0 Å². The number of nitrogen functional groups attached to an aromatic ring is 1. The van der Waals surface area contributed by atoms with Crippen LogP contribution in [0.25, 0.3) is 0 Å². The fourth-order valence-corrected chi connectivity index (χ4v) is 3.19. The van der Waals surface area contributed by atoms with Crippen molar-refractivity contribution >= 4 is 44.5 Å². The molecule has 0 saturated carbocycles. The van der Waals surface area contributed by atoms with Gasteiger partial charge in [-0.2, -0.15) is 0 Å². The lowest BCUT2D eigenvalue weighted by atomic mass is 10.1. The summed E-state index contributed by atoms with van der Waals surface area (Å²) in [6, 6.07) is 9.34. The minimum absolute atomic E-state index is 0.0418. The third-order valence-corrected chi connectivity index (χ3v) is 4.39. The predicted octanol–water partition coefficient (Wildman–Crippen LogP) is 3.41. The van der Waals surface area contributed by atoms with E-state index >= 15 is 0 Å². The molecule has 0 atom stereocenters. The van der Waals surface area contributed by atoms with E-state index < -0.39 is 0 Å². The number of thiophene rings is 1. The fraction of sp³-hybridized carbons (Fsp3) is 0.214. The Morgan fingerprint density at radius 1 is 1.35 bits per heavy atom. The van der Waals surface area contributed by atoms with Crippen molar-refractivity contribution < 1.29 is 4.79 Å². The third-order valence-electron chi connectivity index (χ3n) is 2.76. The molecule has 0 aliphatic rings. The van der Waals surface area contributed by atoms with Gasteiger partial charge in [0.2, 0.25) is 0 Å². The molecule has 6 heteroatoms. The number of anilines is 2. The first-order valence-electron chi connectivity index (χ1n) is 6.06. The van der Waals surface area contributed by atoms with Gasteiger partial charge in [0.15, 0.2) is 0 Å². The van der Waals surface area contributed by atoms with Crippen molar-refractivity contribution in [2.45, 2.75) is 6.54 Å². The fourth-order valence-electron chi connectivity index (χ4n) is 1.76. The van der Waals surface area contributed by atoms with Crippen LogP contribution in [0.15, 0.2) is 34.1 Å². The Bertz CT molecular complexity index is 625. The van der Waals surface area contributed by atoms with Crippen molar-refractivity contribution in [1.29, 1.82) is 0 Å². The molecule has 1 amide bonds. The zero-order valence-corrected chi connectivity index (χ0v) is 13.7. The molecule has 0 spiro atoms. The molecule has 0 unspecified atom stereocenters. The van der Waals surface area contributed by atoms with Crippen LogP contribution in [0.2, 0.25) is 0 Å². The van der Waals surface area contributed by atoms with Gasteiger partial charge in [0.25, 0.3) is 5.91 Å². The van der Waals surface area contributed by atoms with Gasteiger partial charge in [-0.05, 0) is 46.3 Å². The molecule has 0 bridgehead atoms. The average Bonchev–Trinajstić information content (AvgIpc) is 2.81. The van der Waals surface area contributed by atoms with E-state index in [1.165, 1.54) is 4.88 Å². The van der Waals surface area contributed by atoms with E-state index in [0.29, 0.717) is 17.8 Å². The molecular weight excluding hydrogens is 338 g/mol. The van der Waals surface area contributed by atoms with Crippen LogP contribution < -0.4 is 11.1 Å². The van der Waals surface area contributed by atoms with Gasteiger partial charge in [-0.25, -0.2) is 0 Å². The van der Waals surface area contributed by atoms with Gasteiger partial charge in [0.1, 0.15) is 0 Å². The van der Waals surface area contributed by atoms with Crippen molar-refractivity contribution in [3.05, 3.63) is 44.6 Å². The molecule has 4 nitrogen and oxygen atoms in total. The van der Waals surface area contributed by atoms with Crippen molar-refractivity contribution in [1.82, 2.24) is 4.90 Å². The van der Waals surface area contributed by atoms with Crippen molar-refractivity contribution in [3.63, 3.8) is 0 Å². The van der Waals surface area contributed by atoms with Crippen LogP contribution in [0.3, 0.4) is 0 Å². The highest BCUT2D eigenvalue weighted by atomic mass is 79.9. The number of amides is 1. The maximum atomic E-state index is 12.1. The number of hydrogen-bond acceptors (Lipinski definition) is 4. The van der Waals surface area contributed by atoms with E-state index in [0.717, 1.165) is 9.47 Å². The number of halogens is 1. The summed E-state index contributed by atoms with van der Waals surface area (Å²) in [5.41, 5.74) is 7.82. The number of nitrogens with one attached hydrogen (secondary N) is 1. The van der Waals surface area contributed by atoms with Crippen LogP contribution >= 0.6 is 27.3 Å². The van der Waals surface area contributed by atoms with Crippen LogP contribution in [-0.2, 0) is 6.54 Å². The molecule has 2 aromatic rings. The lowest BCUT2D eigenvalue weighted by molar-refractivity contribution is 0.0828. The summed E-state index contributed by atoms with van der Waals surface area (Å²) in [6.07, 6.45) is 0. The second kappa shape index (κ2) is 6.28. The predicted molar refractivity (Wildman–Crippen MR) is 88.2 cm³/mol. The number of benzene rings is 1. The molecule has 2 rings (SSSR count). The Morgan fingerprint density at radius 2 is 2.10 bits per heavy atom. The van der Waals surface area contributed by atoms with Gasteiger partial charge in [-0.15, -0.1) is 11.3 Å². The number of nitrogens with two attached hydrogens (primary N) is 1. The quantitative estimate of drug-likeness (QED) is 0.828. The SMILES string of the molecule is CN(C)C(=O)c1ccc(N)cc1NCc1ccc(Br)s1. The van der Waals surface area contributed by atoms with Gasteiger partial charge in [0, 0.05) is 36.9 Å². The van der Waals surface area contributed by atoms with Crippen LogP contribution in [0.1, 0.15) is 15.2 Å². The molecule has 0 aliphatic carbocycles. The summed E-state index contributed by atoms with van der Waals surface area (Å²) >= 11 is 5.10. The van der Waals surface area contributed by atoms with E-state index in [9.17, 15) is 4.79 Å². The summed E-state index contributed by atoms with van der Waals surface area (Å²) in [7, 11) is 3.47. The molecule has 0 radical (unpaired) electrons. The Labute approximate surface area is 130 Å². The van der Waals surface area contributed by atoms with Crippen molar-refractivity contribution in [2.75, 3.05) is 25.1 Å². The first-order chi connectivity index (χ1) is 9.47. The molecule has 1 heterocycles. The highest BCUT2D eigenvalue weighted by molar-refractivity contribution is 9.11. The lowest BCUT2D eigenvalue weighted by Gasteiger charge is -2.15. The molecule has 106 valence electrons. The minimum Gasteiger partial charge on any atom is -0.399 e. The maximum Gasteiger partial charge on any atom is 0.255 e. The lowest BCUT2D eigenvalue weighted by Crippen LogP contribution is -2.23. The number of carbonyl (C=O) groups excluding carboxylic acids is 1. The summed E-state index contributed by atoms with van der Waals surface area (Å²) in [6.45, 7) is 0.660. The van der Waals surface area contributed by atoms with Crippen LogP contribution in [-0.4, -0.2) is 24.9 Å². The van der Waals surface area contributed by atoms with Crippen LogP contribution in [0.5, 0.6) is 0 Å². The smallest absolute Gasteiger partial charge is 0.255 e. The largest absolute Gasteiger partial charge is 0.399 e. The molecule has 0 saturated heterocycles. The van der Waals surface area contributed by atoms with E-state index in [2.05, 4.69) is 21.2 Å². The Hall–Kier alpha value is -1.53. The number of carbonyl (C=O) groups is 1. The second-order valence-electron chi connectivity index (χ2n) is 4.56. The molecular formula is C14H16BrN3OS. The molecule has 1 aromatic carbocycles. The average molecular weight is 354 g/mol. The normalized spacial score (nSPS) is 10.3. The monoisotopic (exact) mass is 353 g/mol. The van der Waals surface area contributed by atoms with Gasteiger partial charge >= 0.3 is 0 Å². The summed E-state index contributed by atoms with van der Waals surface area (Å²) in [5, 5.41) is 3.28. The Kier molecular flexibility index (Phi) is 4.67. The standard InChI is InChI=1S/C14H16BrN3OS/c1-18(2)14(19)11-5-3-9(16)7-12(11)17-8-10-4-6-13(15)20-10/h3-7,17H,8,16H2,1-2H3. The van der Waals surface area contributed by atoms with Gasteiger partial charge < -0.3 is 16.0 Å². The highest BCUT2D eigenvalue weighted by Gasteiger charge is 2.13. The molecule has 1 aromatic heterocycles. The zero-order chi connectivity index (χ0) is 14.7. The third kappa shape index (κ3) is 3.52. The van der Waals surface area contributed by atoms with Crippen molar-refractivity contribution in [3.8, 4) is 0 Å². The second-order valence-corrected chi connectivity index (χ2v) is 7.11. The maximum absolute atomic E-state index is 12.1. The van der Waals surface area contributed by atoms with E-state index in [1.54, 1.807) is 48.5 Å². The van der Waals surface area contributed by atoms with Crippen LogP contribution in [0.4, 0.5) is 11.4 Å². The van der Waals surface area contributed by atoms with E-state index in [-0.39, 0.29) is 5.91 Å². The Morgan fingerprint density at radius 3 is 2.70 bits per heavy atom.